The first-order valence-corrected chi connectivity index (χ1v) is 3.96. The van der Waals surface area contributed by atoms with Crippen LogP contribution in [-0.2, 0) is 14.3 Å². The molecule has 0 bridgehead atoms. The van der Waals surface area contributed by atoms with Gasteiger partial charge in [0.25, 0.3) is 0 Å². The Morgan fingerprint density at radius 2 is 2.29 bits per heavy atom. The summed E-state index contributed by atoms with van der Waals surface area (Å²) in [6.07, 6.45) is -6.35. The van der Waals surface area contributed by atoms with Crippen LogP contribution in [0, 0.1) is 0 Å². The van der Waals surface area contributed by atoms with Crippen LogP contribution in [0.3, 0.4) is 0 Å². The minimum Gasteiger partial charge on any atom is -0.462 e. The Kier molecular flexibility index (Phi) is 3.15. The minimum atomic E-state index is -3.69. The number of carbonyl (C=O) groups excluding carboxylic acids is 1. The third kappa shape index (κ3) is 2.25. The molecule has 1 aliphatic rings. The summed E-state index contributed by atoms with van der Waals surface area (Å²) in [4.78, 5) is 10.5. The summed E-state index contributed by atoms with van der Waals surface area (Å²) in [6, 6.07) is 0. The largest absolute Gasteiger partial charge is 0.462 e. The van der Waals surface area contributed by atoms with E-state index in [4.69, 9.17) is 0 Å². The maximum absolute atomic E-state index is 12.5. The summed E-state index contributed by atoms with van der Waals surface area (Å²) in [5, 5.41) is 0. The maximum Gasteiger partial charge on any atom is 0.389 e. The molecule has 1 rings (SSSR count). The molecule has 1 aliphatic heterocycles. The van der Waals surface area contributed by atoms with Crippen LogP contribution >= 0.6 is 0 Å². The lowest BCUT2D eigenvalue weighted by molar-refractivity contribution is -0.394. The Labute approximate surface area is 78.5 Å². The average molecular weight is 210 g/mol. The molecule has 2 atom stereocenters. The fourth-order valence-corrected chi connectivity index (χ4v) is 1.01. The lowest BCUT2D eigenvalue weighted by Gasteiger charge is -2.38. The molecule has 0 N–H and O–H groups in total. The quantitative estimate of drug-likeness (QED) is 0.520. The van der Waals surface area contributed by atoms with Gasteiger partial charge in [-0.05, 0) is 0 Å². The predicted molar refractivity (Wildman–Crippen MR) is 40.5 cm³/mol. The molecule has 0 aromatic rings. The molecule has 1 saturated heterocycles. The van der Waals surface area contributed by atoms with Crippen LogP contribution < -0.4 is 0 Å². The van der Waals surface area contributed by atoms with Gasteiger partial charge in [-0.1, -0.05) is 6.58 Å². The van der Waals surface area contributed by atoms with Crippen molar-refractivity contribution in [3.8, 4) is 0 Å². The lowest BCUT2D eigenvalue weighted by Crippen LogP contribution is -2.56. The number of hydrogen-bond acceptors (Lipinski definition) is 3. The van der Waals surface area contributed by atoms with Crippen LogP contribution in [0.5, 0.6) is 0 Å². The molecular weight excluding hydrogens is 201 g/mol. The van der Waals surface area contributed by atoms with E-state index in [1.54, 1.807) is 0 Å². The lowest BCUT2D eigenvalue weighted by atomic mass is 10.1. The van der Waals surface area contributed by atoms with Crippen molar-refractivity contribution in [1.82, 2.24) is 0 Å². The van der Waals surface area contributed by atoms with E-state index >= 15 is 0 Å². The van der Waals surface area contributed by atoms with Gasteiger partial charge in [-0.2, -0.15) is 8.78 Å². The molecule has 0 amide bonds. The molecular formula is C8H9F3O3. The first kappa shape index (κ1) is 11.0. The van der Waals surface area contributed by atoms with Gasteiger partial charge in [0.05, 0.1) is 6.61 Å². The van der Waals surface area contributed by atoms with Crippen LogP contribution in [-0.4, -0.2) is 31.0 Å². The molecule has 0 radical (unpaired) electrons. The second-order valence-corrected chi connectivity index (χ2v) is 2.78. The SMILES string of the molecule is C=CC(=O)OCCC1OC(F)(F)C1F. The van der Waals surface area contributed by atoms with E-state index in [0.717, 1.165) is 6.08 Å². The van der Waals surface area contributed by atoms with Crippen molar-refractivity contribution in [3.63, 3.8) is 0 Å². The molecule has 1 heterocycles. The number of carbonyl (C=O) groups is 1. The molecule has 0 aromatic carbocycles. The zero-order valence-corrected chi connectivity index (χ0v) is 7.21. The summed E-state index contributed by atoms with van der Waals surface area (Å²) in [5.41, 5.74) is 0. The van der Waals surface area contributed by atoms with Gasteiger partial charge < -0.3 is 9.47 Å². The van der Waals surface area contributed by atoms with E-state index in [9.17, 15) is 18.0 Å². The fraction of sp³-hybridized carbons (Fsp3) is 0.625. The van der Waals surface area contributed by atoms with E-state index in [1.165, 1.54) is 0 Å². The zero-order valence-electron chi connectivity index (χ0n) is 7.21. The molecule has 3 nitrogen and oxygen atoms in total. The van der Waals surface area contributed by atoms with Crippen molar-refractivity contribution in [1.29, 1.82) is 0 Å². The van der Waals surface area contributed by atoms with Crippen molar-refractivity contribution in [2.24, 2.45) is 0 Å². The average Bonchev–Trinajstić information content (AvgIpc) is 2.15. The maximum atomic E-state index is 12.5. The van der Waals surface area contributed by atoms with Crippen molar-refractivity contribution in [3.05, 3.63) is 12.7 Å². The number of esters is 1. The molecule has 6 heteroatoms. The van der Waals surface area contributed by atoms with Crippen LogP contribution in [0.15, 0.2) is 12.7 Å². The van der Waals surface area contributed by atoms with E-state index in [1.807, 2.05) is 0 Å². The molecule has 0 aromatic heterocycles. The highest BCUT2D eigenvalue weighted by atomic mass is 19.3. The molecule has 2 unspecified atom stereocenters. The zero-order chi connectivity index (χ0) is 10.8. The number of alkyl halides is 3. The first-order chi connectivity index (χ1) is 6.47. The number of ether oxygens (including phenoxy) is 2. The monoisotopic (exact) mass is 210 g/mol. The standard InChI is InChI=1S/C8H9F3O3/c1-2-6(12)13-4-3-5-7(9)8(10,11)14-5/h2,5,7H,1,3-4H2. The van der Waals surface area contributed by atoms with Crippen molar-refractivity contribution < 1.29 is 27.4 Å². The molecule has 80 valence electrons. The van der Waals surface area contributed by atoms with Crippen LogP contribution in [0.4, 0.5) is 13.2 Å². The highest BCUT2D eigenvalue weighted by Crippen LogP contribution is 2.39. The van der Waals surface area contributed by atoms with Gasteiger partial charge in [0, 0.05) is 12.5 Å². The summed E-state index contributed by atoms with van der Waals surface area (Å²) in [5.74, 6) is -0.675. The number of halogens is 3. The Morgan fingerprint density at radius 1 is 1.64 bits per heavy atom. The van der Waals surface area contributed by atoms with Gasteiger partial charge >= 0.3 is 12.1 Å². The molecule has 14 heavy (non-hydrogen) atoms. The third-order valence-electron chi connectivity index (χ3n) is 1.77. The first-order valence-electron chi connectivity index (χ1n) is 3.96. The highest BCUT2D eigenvalue weighted by Gasteiger charge is 2.58. The Morgan fingerprint density at radius 3 is 2.71 bits per heavy atom. The molecule has 1 fully saturated rings. The van der Waals surface area contributed by atoms with Gasteiger partial charge in [-0.3, -0.25) is 0 Å². The summed E-state index contributed by atoms with van der Waals surface area (Å²) in [6.45, 7) is 2.97. The number of hydrogen-bond donors (Lipinski definition) is 0. The van der Waals surface area contributed by atoms with Gasteiger partial charge in [0.1, 0.15) is 6.10 Å². The highest BCUT2D eigenvalue weighted by molar-refractivity contribution is 5.81. The third-order valence-corrected chi connectivity index (χ3v) is 1.77. The van der Waals surface area contributed by atoms with Gasteiger partial charge in [-0.15, -0.1) is 0 Å². The van der Waals surface area contributed by atoms with Crippen LogP contribution in [0.25, 0.3) is 0 Å². The fourth-order valence-electron chi connectivity index (χ4n) is 1.01. The predicted octanol–water partition coefficient (Wildman–Crippen LogP) is 1.44. The van der Waals surface area contributed by atoms with Gasteiger partial charge in [0.15, 0.2) is 0 Å². The normalized spacial score (nSPS) is 29.1. The van der Waals surface area contributed by atoms with E-state index in [0.29, 0.717) is 0 Å². The van der Waals surface area contributed by atoms with Crippen molar-refractivity contribution in [2.45, 2.75) is 24.8 Å². The topological polar surface area (TPSA) is 35.5 Å². The molecule has 0 spiro atoms. The van der Waals surface area contributed by atoms with E-state index < -0.39 is 24.4 Å². The molecule has 0 aliphatic carbocycles. The number of rotatable bonds is 4. The van der Waals surface area contributed by atoms with Crippen LogP contribution in [0.2, 0.25) is 0 Å². The second kappa shape index (κ2) is 4.00. The van der Waals surface area contributed by atoms with Crippen molar-refractivity contribution >= 4 is 5.97 Å². The van der Waals surface area contributed by atoms with Gasteiger partial charge in [-0.25, -0.2) is 9.18 Å². The minimum absolute atomic E-state index is 0.0870. The molecule has 0 saturated carbocycles. The van der Waals surface area contributed by atoms with Gasteiger partial charge in [0.2, 0.25) is 6.17 Å². The smallest absolute Gasteiger partial charge is 0.389 e. The summed E-state index contributed by atoms with van der Waals surface area (Å²) >= 11 is 0. The second-order valence-electron chi connectivity index (χ2n) is 2.78. The van der Waals surface area contributed by atoms with E-state index in [-0.39, 0.29) is 13.0 Å². The van der Waals surface area contributed by atoms with Crippen molar-refractivity contribution in [2.75, 3.05) is 6.61 Å². The Hall–Kier alpha value is -1.04. The van der Waals surface area contributed by atoms with Crippen LogP contribution in [0.1, 0.15) is 6.42 Å². The van der Waals surface area contributed by atoms with E-state index in [2.05, 4.69) is 16.1 Å². The Bertz CT molecular complexity index is 242. The summed E-state index contributed by atoms with van der Waals surface area (Å²) in [7, 11) is 0. The summed E-state index contributed by atoms with van der Waals surface area (Å²) < 4.78 is 45.1. The Balaban J connectivity index is 2.16.